The maximum atomic E-state index is 13.2. The average molecular weight is 463 g/mol. The summed E-state index contributed by atoms with van der Waals surface area (Å²) in [6.07, 6.45) is 0. The van der Waals surface area contributed by atoms with Crippen LogP contribution in [0.4, 0.5) is 0 Å². The van der Waals surface area contributed by atoms with Crippen molar-refractivity contribution in [3.8, 4) is 11.4 Å². The first-order valence-corrected chi connectivity index (χ1v) is 11.6. The van der Waals surface area contributed by atoms with Crippen LogP contribution in [0.25, 0.3) is 11.4 Å². The van der Waals surface area contributed by atoms with Crippen molar-refractivity contribution in [2.24, 2.45) is 7.05 Å². The molecule has 162 valence electrons. The molecule has 7 heteroatoms. The van der Waals surface area contributed by atoms with E-state index in [4.69, 9.17) is 11.6 Å². The van der Waals surface area contributed by atoms with Gasteiger partial charge in [0, 0.05) is 25.7 Å². The molecule has 0 aliphatic heterocycles. The molecule has 0 fully saturated rings. The molecule has 0 saturated heterocycles. The topological polar surface area (TPSA) is 51.0 Å². The highest BCUT2D eigenvalue weighted by atomic mass is 35.5. The number of halogens is 1. The van der Waals surface area contributed by atoms with Crippen LogP contribution in [-0.4, -0.2) is 31.3 Å². The lowest BCUT2D eigenvalue weighted by Crippen LogP contribution is -2.31. The highest BCUT2D eigenvalue weighted by molar-refractivity contribution is 7.99. The Bertz CT molecular complexity index is 1140. The Morgan fingerprint density at radius 3 is 2.03 bits per heavy atom. The van der Waals surface area contributed by atoms with E-state index in [2.05, 4.69) is 10.2 Å². The van der Waals surface area contributed by atoms with Crippen molar-refractivity contribution in [3.05, 3.63) is 101 Å². The van der Waals surface area contributed by atoms with Gasteiger partial charge < -0.3 is 9.47 Å². The number of rotatable bonds is 8. The molecule has 1 amide bonds. The summed E-state index contributed by atoms with van der Waals surface area (Å²) in [7, 11) is 1.89. The average Bonchev–Trinajstić information content (AvgIpc) is 3.18. The summed E-state index contributed by atoms with van der Waals surface area (Å²) in [6.45, 7) is 1.11. The standard InChI is InChI=1S/C25H23ClN4OS/c1-29-24(21-14-8-9-15-22(21)26)27-28-25(29)32-18-23(31)30(16-19-10-4-2-5-11-19)17-20-12-6-3-7-13-20/h2-15H,16-18H2,1H3. The molecule has 0 aliphatic carbocycles. The predicted molar refractivity (Wildman–Crippen MR) is 129 cm³/mol. The second-order valence-electron chi connectivity index (χ2n) is 7.35. The molecule has 4 rings (SSSR count). The Kier molecular flexibility index (Phi) is 7.24. The summed E-state index contributed by atoms with van der Waals surface area (Å²) < 4.78 is 1.87. The van der Waals surface area contributed by atoms with Gasteiger partial charge in [0.15, 0.2) is 11.0 Å². The summed E-state index contributed by atoms with van der Waals surface area (Å²) >= 11 is 7.70. The number of hydrogen-bond donors (Lipinski definition) is 0. The smallest absolute Gasteiger partial charge is 0.233 e. The van der Waals surface area contributed by atoms with E-state index in [0.717, 1.165) is 16.7 Å². The SMILES string of the molecule is Cn1c(SCC(=O)N(Cc2ccccc2)Cc2ccccc2)nnc1-c1ccccc1Cl. The number of thioether (sulfide) groups is 1. The van der Waals surface area contributed by atoms with Crippen LogP contribution in [0.15, 0.2) is 90.1 Å². The van der Waals surface area contributed by atoms with Gasteiger partial charge in [-0.15, -0.1) is 10.2 Å². The Hall–Kier alpha value is -3.09. The molecular formula is C25H23ClN4OS. The van der Waals surface area contributed by atoms with Crippen LogP contribution in [0.5, 0.6) is 0 Å². The van der Waals surface area contributed by atoms with Crippen molar-refractivity contribution in [1.29, 1.82) is 0 Å². The third-order valence-electron chi connectivity index (χ3n) is 5.06. The lowest BCUT2D eigenvalue weighted by Gasteiger charge is -2.23. The van der Waals surface area contributed by atoms with Crippen molar-refractivity contribution >= 4 is 29.3 Å². The van der Waals surface area contributed by atoms with Gasteiger partial charge in [0.25, 0.3) is 0 Å². The molecule has 1 aromatic heterocycles. The van der Waals surface area contributed by atoms with Gasteiger partial charge >= 0.3 is 0 Å². The van der Waals surface area contributed by atoms with E-state index in [0.29, 0.717) is 29.1 Å². The molecule has 4 aromatic rings. The largest absolute Gasteiger partial charge is 0.333 e. The highest BCUT2D eigenvalue weighted by Gasteiger charge is 2.18. The molecule has 0 spiro atoms. The van der Waals surface area contributed by atoms with E-state index < -0.39 is 0 Å². The van der Waals surface area contributed by atoms with Crippen LogP contribution in [0.3, 0.4) is 0 Å². The zero-order valence-corrected chi connectivity index (χ0v) is 19.3. The molecule has 3 aromatic carbocycles. The molecule has 0 N–H and O–H groups in total. The quantitative estimate of drug-likeness (QED) is 0.326. The first-order valence-electron chi connectivity index (χ1n) is 10.2. The van der Waals surface area contributed by atoms with E-state index in [1.165, 1.54) is 11.8 Å². The fourth-order valence-electron chi connectivity index (χ4n) is 3.38. The number of benzene rings is 3. The summed E-state index contributed by atoms with van der Waals surface area (Å²) in [4.78, 5) is 15.1. The zero-order valence-electron chi connectivity index (χ0n) is 17.7. The Labute approximate surface area is 197 Å². The van der Waals surface area contributed by atoms with Crippen molar-refractivity contribution in [2.75, 3.05) is 5.75 Å². The fraction of sp³-hybridized carbons (Fsp3) is 0.160. The first kappa shape index (κ1) is 22.1. The lowest BCUT2D eigenvalue weighted by molar-refractivity contribution is -0.129. The highest BCUT2D eigenvalue weighted by Crippen LogP contribution is 2.28. The summed E-state index contributed by atoms with van der Waals surface area (Å²) in [6, 6.07) is 27.6. The third kappa shape index (κ3) is 5.39. The molecule has 0 saturated carbocycles. The molecular weight excluding hydrogens is 440 g/mol. The third-order valence-corrected chi connectivity index (χ3v) is 6.39. The van der Waals surface area contributed by atoms with Gasteiger partial charge in [-0.05, 0) is 23.3 Å². The van der Waals surface area contributed by atoms with Crippen LogP contribution in [0, 0.1) is 0 Å². The van der Waals surface area contributed by atoms with E-state index in [9.17, 15) is 4.79 Å². The normalized spacial score (nSPS) is 10.8. The molecule has 32 heavy (non-hydrogen) atoms. The Balaban J connectivity index is 1.48. The van der Waals surface area contributed by atoms with Crippen molar-refractivity contribution in [2.45, 2.75) is 18.2 Å². The summed E-state index contributed by atoms with van der Waals surface area (Å²) in [5.74, 6) is 0.995. The minimum atomic E-state index is 0.0463. The fourth-order valence-corrected chi connectivity index (χ4v) is 4.41. The molecule has 5 nitrogen and oxygen atoms in total. The van der Waals surface area contributed by atoms with Gasteiger partial charge in [-0.25, -0.2) is 0 Å². The van der Waals surface area contributed by atoms with Crippen molar-refractivity contribution in [1.82, 2.24) is 19.7 Å². The molecule has 0 unspecified atom stereocenters. The minimum absolute atomic E-state index is 0.0463. The Morgan fingerprint density at radius 1 is 0.875 bits per heavy atom. The lowest BCUT2D eigenvalue weighted by atomic mass is 10.1. The molecule has 0 atom stereocenters. The predicted octanol–water partition coefficient (Wildman–Crippen LogP) is 5.46. The van der Waals surface area contributed by atoms with E-state index in [1.807, 2.05) is 101 Å². The first-order chi connectivity index (χ1) is 15.6. The van der Waals surface area contributed by atoms with Gasteiger partial charge in [0.2, 0.25) is 5.91 Å². The van der Waals surface area contributed by atoms with Crippen LogP contribution < -0.4 is 0 Å². The number of carbonyl (C=O) groups is 1. The minimum Gasteiger partial charge on any atom is -0.333 e. The van der Waals surface area contributed by atoms with Gasteiger partial charge in [0.1, 0.15) is 0 Å². The van der Waals surface area contributed by atoms with Crippen molar-refractivity contribution in [3.63, 3.8) is 0 Å². The zero-order chi connectivity index (χ0) is 22.3. The number of hydrogen-bond acceptors (Lipinski definition) is 4. The van der Waals surface area contributed by atoms with Crippen LogP contribution in [-0.2, 0) is 24.9 Å². The van der Waals surface area contributed by atoms with Gasteiger partial charge in [-0.1, -0.05) is 96.2 Å². The maximum absolute atomic E-state index is 13.2. The van der Waals surface area contributed by atoms with Gasteiger partial charge in [-0.3, -0.25) is 4.79 Å². The van der Waals surface area contributed by atoms with Gasteiger partial charge in [0.05, 0.1) is 10.8 Å². The maximum Gasteiger partial charge on any atom is 0.233 e. The number of nitrogens with zero attached hydrogens (tertiary/aromatic N) is 4. The van der Waals surface area contributed by atoms with E-state index >= 15 is 0 Å². The second kappa shape index (κ2) is 10.5. The molecule has 1 heterocycles. The Morgan fingerprint density at radius 2 is 1.44 bits per heavy atom. The molecule has 0 radical (unpaired) electrons. The molecule has 0 aliphatic rings. The van der Waals surface area contributed by atoms with E-state index in [-0.39, 0.29) is 11.7 Å². The van der Waals surface area contributed by atoms with Crippen LogP contribution in [0.1, 0.15) is 11.1 Å². The monoisotopic (exact) mass is 462 g/mol. The number of amides is 1. The summed E-state index contributed by atoms with van der Waals surface area (Å²) in [5, 5.41) is 9.86. The van der Waals surface area contributed by atoms with Gasteiger partial charge in [-0.2, -0.15) is 0 Å². The van der Waals surface area contributed by atoms with Crippen LogP contribution in [0.2, 0.25) is 5.02 Å². The summed E-state index contributed by atoms with van der Waals surface area (Å²) in [5.41, 5.74) is 3.01. The number of carbonyl (C=O) groups excluding carboxylic acids is 1. The number of aromatic nitrogens is 3. The second-order valence-corrected chi connectivity index (χ2v) is 8.70. The molecule has 0 bridgehead atoms. The van der Waals surface area contributed by atoms with Crippen LogP contribution >= 0.6 is 23.4 Å². The van der Waals surface area contributed by atoms with Crippen molar-refractivity contribution < 1.29 is 4.79 Å². The van der Waals surface area contributed by atoms with E-state index in [1.54, 1.807) is 0 Å².